The summed E-state index contributed by atoms with van der Waals surface area (Å²) < 4.78 is 2.12. The molecule has 1 unspecified atom stereocenters. The number of pyridine rings is 1. The number of hydrogen-bond acceptors (Lipinski definition) is 2. The molecule has 2 aromatic heterocycles. The van der Waals surface area contributed by atoms with Crippen LogP contribution in [0.25, 0.3) is 5.69 Å². The van der Waals surface area contributed by atoms with Crippen LogP contribution in [0, 0.1) is 0 Å². The van der Waals surface area contributed by atoms with Gasteiger partial charge >= 0.3 is 0 Å². The molecule has 4 heteroatoms. The van der Waals surface area contributed by atoms with Gasteiger partial charge in [0.2, 0.25) is 0 Å². The standard InChI is InChI=1S/C12H15N3.ClH/c1-10(13)8-11-5-3-7-15(11)12-4-2-6-14-9-12;/h2-7,9-10H,8,13H2,1H3;1H. The summed E-state index contributed by atoms with van der Waals surface area (Å²) in [5.41, 5.74) is 8.10. The Hall–Kier alpha value is -1.32. The first kappa shape index (κ1) is 12.7. The summed E-state index contributed by atoms with van der Waals surface area (Å²) in [6, 6.07) is 8.28. The van der Waals surface area contributed by atoms with E-state index < -0.39 is 0 Å². The Morgan fingerprint density at radius 3 is 2.81 bits per heavy atom. The molecule has 0 aliphatic carbocycles. The second-order valence-corrected chi connectivity index (χ2v) is 3.76. The van der Waals surface area contributed by atoms with Crippen molar-refractivity contribution in [2.45, 2.75) is 19.4 Å². The number of halogens is 1. The fourth-order valence-corrected chi connectivity index (χ4v) is 1.66. The summed E-state index contributed by atoms with van der Waals surface area (Å²) in [6.07, 6.45) is 6.54. The normalized spacial score (nSPS) is 11.9. The zero-order valence-electron chi connectivity index (χ0n) is 9.21. The summed E-state index contributed by atoms with van der Waals surface area (Å²) in [6.45, 7) is 2.01. The molecule has 86 valence electrons. The second-order valence-electron chi connectivity index (χ2n) is 3.76. The Balaban J connectivity index is 0.00000128. The largest absolute Gasteiger partial charge is 0.328 e. The Labute approximate surface area is 102 Å². The van der Waals surface area contributed by atoms with E-state index in [0.29, 0.717) is 0 Å². The highest BCUT2D eigenvalue weighted by Gasteiger charge is 2.04. The van der Waals surface area contributed by atoms with Gasteiger partial charge in [-0.05, 0) is 31.2 Å². The lowest BCUT2D eigenvalue weighted by Gasteiger charge is -2.10. The van der Waals surface area contributed by atoms with Crippen molar-refractivity contribution in [3.63, 3.8) is 0 Å². The molecule has 16 heavy (non-hydrogen) atoms. The molecule has 0 saturated carbocycles. The van der Waals surface area contributed by atoms with Crippen molar-refractivity contribution in [3.8, 4) is 5.69 Å². The van der Waals surface area contributed by atoms with E-state index >= 15 is 0 Å². The molecule has 0 saturated heterocycles. The van der Waals surface area contributed by atoms with Crippen molar-refractivity contribution in [3.05, 3.63) is 48.5 Å². The molecule has 0 aliphatic heterocycles. The third-order valence-corrected chi connectivity index (χ3v) is 2.29. The fraction of sp³-hybridized carbons (Fsp3) is 0.250. The van der Waals surface area contributed by atoms with Crippen molar-refractivity contribution in [2.75, 3.05) is 0 Å². The molecule has 0 spiro atoms. The molecule has 2 rings (SSSR count). The highest BCUT2D eigenvalue weighted by atomic mass is 35.5. The van der Waals surface area contributed by atoms with Crippen molar-refractivity contribution < 1.29 is 0 Å². The van der Waals surface area contributed by atoms with E-state index in [1.54, 1.807) is 6.20 Å². The van der Waals surface area contributed by atoms with Gasteiger partial charge in [0.05, 0.1) is 11.9 Å². The molecule has 0 radical (unpaired) electrons. The topological polar surface area (TPSA) is 43.8 Å². The fourth-order valence-electron chi connectivity index (χ4n) is 1.66. The van der Waals surface area contributed by atoms with Crippen LogP contribution >= 0.6 is 12.4 Å². The van der Waals surface area contributed by atoms with Gasteiger partial charge in [0, 0.05) is 30.6 Å². The summed E-state index contributed by atoms with van der Waals surface area (Å²) in [4.78, 5) is 4.11. The quantitative estimate of drug-likeness (QED) is 0.889. The van der Waals surface area contributed by atoms with Gasteiger partial charge in [0.15, 0.2) is 0 Å². The van der Waals surface area contributed by atoms with Gasteiger partial charge in [-0.1, -0.05) is 0 Å². The molecular weight excluding hydrogens is 222 g/mol. The monoisotopic (exact) mass is 237 g/mol. The molecule has 1 atom stereocenters. The van der Waals surface area contributed by atoms with Crippen LogP contribution in [-0.4, -0.2) is 15.6 Å². The number of nitrogens with zero attached hydrogens (tertiary/aromatic N) is 2. The van der Waals surface area contributed by atoms with E-state index in [-0.39, 0.29) is 18.4 Å². The highest BCUT2D eigenvalue weighted by Crippen LogP contribution is 2.12. The maximum atomic E-state index is 5.80. The van der Waals surface area contributed by atoms with Crippen LogP contribution in [0.1, 0.15) is 12.6 Å². The molecular formula is C12H16ClN3. The van der Waals surface area contributed by atoms with Crippen molar-refractivity contribution in [1.82, 2.24) is 9.55 Å². The van der Waals surface area contributed by atoms with Crippen molar-refractivity contribution in [1.29, 1.82) is 0 Å². The Bertz CT molecular complexity index is 423. The van der Waals surface area contributed by atoms with Gasteiger partial charge in [-0.2, -0.15) is 0 Å². The summed E-state index contributed by atoms with van der Waals surface area (Å²) >= 11 is 0. The second kappa shape index (κ2) is 5.68. The van der Waals surface area contributed by atoms with E-state index in [2.05, 4.69) is 15.6 Å². The first-order valence-electron chi connectivity index (χ1n) is 5.09. The minimum atomic E-state index is 0. The van der Waals surface area contributed by atoms with Gasteiger partial charge < -0.3 is 10.3 Å². The minimum Gasteiger partial charge on any atom is -0.328 e. The summed E-state index contributed by atoms with van der Waals surface area (Å²) in [5.74, 6) is 0. The van der Waals surface area contributed by atoms with Gasteiger partial charge in [-0.15, -0.1) is 12.4 Å². The SMILES string of the molecule is CC(N)Cc1cccn1-c1cccnc1.Cl. The van der Waals surface area contributed by atoms with Crippen LogP contribution in [0.4, 0.5) is 0 Å². The van der Waals surface area contributed by atoms with Crippen LogP contribution in [0.5, 0.6) is 0 Å². The summed E-state index contributed by atoms with van der Waals surface area (Å²) in [5, 5.41) is 0. The first-order valence-corrected chi connectivity index (χ1v) is 5.09. The molecule has 2 N–H and O–H groups in total. The third kappa shape index (κ3) is 2.84. The summed E-state index contributed by atoms with van der Waals surface area (Å²) in [7, 11) is 0. The van der Waals surface area contributed by atoms with E-state index in [9.17, 15) is 0 Å². The van der Waals surface area contributed by atoms with Crippen LogP contribution in [0.3, 0.4) is 0 Å². The average Bonchev–Trinajstić information content (AvgIpc) is 2.66. The van der Waals surface area contributed by atoms with E-state index in [1.165, 1.54) is 5.69 Å². The third-order valence-electron chi connectivity index (χ3n) is 2.29. The van der Waals surface area contributed by atoms with Crippen LogP contribution in [0.2, 0.25) is 0 Å². The maximum Gasteiger partial charge on any atom is 0.0635 e. The molecule has 0 amide bonds. The van der Waals surface area contributed by atoms with E-state index in [4.69, 9.17) is 5.73 Å². The molecule has 0 aromatic carbocycles. The molecule has 0 bridgehead atoms. The van der Waals surface area contributed by atoms with Crippen molar-refractivity contribution >= 4 is 12.4 Å². The lowest BCUT2D eigenvalue weighted by Crippen LogP contribution is -2.19. The zero-order chi connectivity index (χ0) is 10.7. The predicted octanol–water partition coefficient (Wildman–Crippen LogP) is 2.18. The smallest absolute Gasteiger partial charge is 0.0635 e. The van der Waals surface area contributed by atoms with Crippen molar-refractivity contribution in [2.24, 2.45) is 5.73 Å². The van der Waals surface area contributed by atoms with Gasteiger partial charge in [0.25, 0.3) is 0 Å². The van der Waals surface area contributed by atoms with E-state index in [1.807, 2.05) is 37.5 Å². The van der Waals surface area contributed by atoms with E-state index in [0.717, 1.165) is 12.1 Å². The lowest BCUT2D eigenvalue weighted by molar-refractivity contribution is 0.709. The van der Waals surface area contributed by atoms with Gasteiger partial charge in [0.1, 0.15) is 0 Å². The average molecular weight is 238 g/mol. The van der Waals surface area contributed by atoms with Crippen LogP contribution < -0.4 is 5.73 Å². The predicted molar refractivity (Wildman–Crippen MR) is 68.2 cm³/mol. The molecule has 2 heterocycles. The van der Waals surface area contributed by atoms with Gasteiger partial charge in [-0.25, -0.2) is 0 Å². The molecule has 0 fully saturated rings. The lowest BCUT2D eigenvalue weighted by atomic mass is 10.2. The Kier molecular flexibility index (Phi) is 4.52. The minimum absolute atomic E-state index is 0. The number of hydrogen-bond donors (Lipinski definition) is 1. The van der Waals surface area contributed by atoms with Crippen LogP contribution in [-0.2, 0) is 6.42 Å². The number of rotatable bonds is 3. The zero-order valence-corrected chi connectivity index (χ0v) is 10.0. The molecule has 2 aromatic rings. The maximum absolute atomic E-state index is 5.80. The molecule has 3 nitrogen and oxygen atoms in total. The van der Waals surface area contributed by atoms with Gasteiger partial charge in [-0.3, -0.25) is 4.98 Å². The first-order chi connectivity index (χ1) is 7.27. The highest BCUT2D eigenvalue weighted by molar-refractivity contribution is 5.85. The van der Waals surface area contributed by atoms with Crippen LogP contribution in [0.15, 0.2) is 42.9 Å². The Morgan fingerprint density at radius 2 is 2.19 bits per heavy atom. The number of aromatic nitrogens is 2. The Morgan fingerprint density at radius 1 is 1.38 bits per heavy atom. The molecule has 0 aliphatic rings. The number of nitrogens with two attached hydrogens (primary N) is 1.